The van der Waals surface area contributed by atoms with Crippen LogP contribution in [0.15, 0.2) is 30.3 Å². The Morgan fingerprint density at radius 3 is 2.41 bits per heavy atom. The van der Waals surface area contributed by atoms with Crippen LogP contribution in [0.5, 0.6) is 11.5 Å². The number of esters is 1. The fraction of sp³-hybridized carbons (Fsp3) is 0.333. The minimum absolute atomic E-state index is 0.104. The summed E-state index contributed by atoms with van der Waals surface area (Å²) in [6.45, 7) is 4.81. The minimum atomic E-state index is -0.406. The number of phenolic OH excluding ortho intramolecular Hbond substituents is 1. The van der Waals surface area contributed by atoms with Gasteiger partial charge in [0.25, 0.3) is 5.91 Å². The number of aromatic hydroxyl groups is 1. The summed E-state index contributed by atoms with van der Waals surface area (Å²) in [4.78, 5) is 26.4. The van der Waals surface area contributed by atoms with Crippen molar-refractivity contribution < 1.29 is 24.2 Å². The van der Waals surface area contributed by atoms with Crippen LogP contribution in [0.25, 0.3) is 0 Å². The second-order valence-electron chi connectivity index (χ2n) is 6.90. The molecule has 0 unspecified atom stereocenters. The van der Waals surface area contributed by atoms with Crippen LogP contribution < -0.4 is 4.74 Å². The molecule has 6 heteroatoms. The van der Waals surface area contributed by atoms with Crippen LogP contribution in [0.4, 0.5) is 0 Å². The molecule has 1 aliphatic rings. The van der Waals surface area contributed by atoms with E-state index in [1.165, 1.54) is 20.3 Å². The summed E-state index contributed by atoms with van der Waals surface area (Å²) in [6.07, 6.45) is 0. The molecule has 0 aromatic heterocycles. The first-order valence-corrected chi connectivity index (χ1v) is 8.76. The Morgan fingerprint density at radius 2 is 1.78 bits per heavy atom. The Balaban J connectivity index is 1.89. The van der Waals surface area contributed by atoms with Gasteiger partial charge in [-0.15, -0.1) is 0 Å². The van der Waals surface area contributed by atoms with E-state index in [0.29, 0.717) is 24.4 Å². The van der Waals surface area contributed by atoms with Crippen LogP contribution in [-0.4, -0.2) is 36.1 Å². The third kappa shape index (κ3) is 3.47. The second-order valence-corrected chi connectivity index (χ2v) is 6.90. The lowest BCUT2D eigenvalue weighted by Crippen LogP contribution is -2.25. The average molecular weight is 369 g/mol. The van der Waals surface area contributed by atoms with Gasteiger partial charge in [-0.25, -0.2) is 4.79 Å². The lowest BCUT2D eigenvalue weighted by molar-refractivity contribution is 0.0600. The highest BCUT2D eigenvalue weighted by Gasteiger charge is 2.28. The number of nitrogens with zero attached hydrogens (tertiary/aromatic N) is 1. The molecule has 1 N–H and O–H groups in total. The minimum Gasteiger partial charge on any atom is -0.507 e. The normalized spacial score (nSPS) is 12.9. The van der Waals surface area contributed by atoms with Crippen molar-refractivity contribution >= 4 is 11.9 Å². The number of fused-ring (bicyclic) bond motifs is 1. The summed E-state index contributed by atoms with van der Waals surface area (Å²) in [6, 6.07) is 8.47. The Bertz CT molecular complexity index is 904. The van der Waals surface area contributed by atoms with Gasteiger partial charge in [-0.1, -0.05) is 19.9 Å². The van der Waals surface area contributed by atoms with Crippen LogP contribution >= 0.6 is 0 Å². The van der Waals surface area contributed by atoms with E-state index < -0.39 is 5.97 Å². The number of hydrogen-bond acceptors (Lipinski definition) is 5. The summed E-state index contributed by atoms with van der Waals surface area (Å²) in [5, 5.41) is 10.3. The number of amides is 1. The summed E-state index contributed by atoms with van der Waals surface area (Å²) in [5.41, 5.74) is 3.46. The van der Waals surface area contributed by atoms with Gasteiger partial charge in [0, 0.05) is 19.2 Å². The van der Waals surface area contributed by atoms with Gasteiger partial charge in [-0.3, -0.25) is 4.79 Å². The molecular formula is C21H23NO5. The quantitative estimate of drug-likeness (QED) is 0.835. The zero-order valence-corrected chi connectivity index (χ0v) is 15.9. The molecule has 0 spiro atoms. The van der Waals surface area contributed by atoms with Crippen molar-refractivity contribution in [3.63, 3.8) is 0 Å². The number of ether oxygens (including phenoxy) is 2. The molecule has 0 fully saturated rings. The smallest absolute Gasteiger partial charge is 0.337 e. The van der Waals surface area contributed by atoms with E-state index >= 15 is 0 Å². The maximum absolute atomic E-state index is 13.0. The van der Waals surface area contributed by atoms with Crippen LogP contribution in [0.1, 0.15) is 57.2 Å². The van der Waals surface area contributed by atoms with Crippen molar-refractivity contribution in [2.45, 2.75) is 32.9 Å². The van der Waals surface area contributed by atoms with Crippen LogP contribution in [0.3, 0.4) is 0 Å². The summed E-state index contributed by atoms with van der Waals surface area (Å²) >= 11 is 0. The molecule has 2 aromatic rings. The lowest BCUT2D eigenvalue weighted by Gasteiger charge is -2.19. The number of carbonyl (C=O) groups excluding carboxylic acids is 2. The molecule has 3 rings (SSSR count). The Kier molecular flexibility index (Phi) is 5.08. The van der Waals surface area contributed by atoms with Gasteiger partial charge >= 0.3 is 5.97 Å². The first-order chi connectivity index (χ1) is 12.8. The van der Waals surface area contributed by atoms with Gasteiger partial charge in [0.15, 0.2) is 0 Å². The molecule has 2 aromatic carbocycles. The van der Waals surface area contributed by atoms with Crippen LogP contribution in [-0.2, 0) is 17.8 Å². The third-order valence-corrected chi connectivity index (χ3v) is 4.84. The van der Waals surface area contributed by atoms with Gasteiger partial charge in [0.2, 0.25) is 0 Å². The second kappa shape index (κ2) is 7.31. The van der Waals surface area contributed by atoms with Crippen LogP contribution in [0.2, 0.25) is 0 Å². The molecule has 1 amide bonds. The van der Waals surface area contributed by atoms with E-state index in [2.05, 4.69) is 0 Å². The van der Waals surface area contributed by atoms with Crippen molar-refractivity contribution in [3.8, 4) is 11.5 Å². The molecule has 0 atom stereocenters. The molecule has 0 saturated heterocycles. The summed E-state index contributed by atoms with van der Waals surface area (Å²) < 4.78 is 10.1. The largest absolute Gasteiger partial charge is 0.507 e. The standard InChI is InChI=1S/C21H23NO5/c1-12(2)16-8-17(18(23)9-19(16)26-3)20(24)22-10-14-6-5-13(21(25)27-4)7-15(14)11-22/h5-9,12,23H,10-11H2,1-4H3. The van der Waals surface area contributed by atoms with Crippen molar-refractivity contribution in [2.75, 3.05) is 14.2 Å². The Labute approximate surface area is 158 Å². The maximum atomic E-state index is 13.0. The highest BCUT2D eigenvalue weighted by atomic mass is 16.5. The van der Waals surface area contributed by atoms with E-state index in [1.807, 2.05) is 19.9 Å². The zero-order chi connectivity index (χ0) is 19.7. The van der Waals surface area contributed by atoms with Crippen molar-refractivity contribution in [1.82, 2.24) is 4.90 Å². The van der Waals surface area contributed by atoms with E-state index in [0.717, 1.165) is 16.7 Å². The molecule has 0 aliphatic carbocycles. The average Bonchev–Trinajstić information content (AvgIpc) is 3.09. The van der Waals surface area contributed by atoms with Crippen LogP contribution in [0, 0.1) is 0 Å². The first-order valence-electron chi connectivity index (χ1n) is 8.76. The van der Waals surface area contributed by atoms with E-state index in [4.69, 9.17) is 9.47 Å². The van der Waals surface area contributed by atoms with Gasteiger partial charge in [0.1, 0.15) is 11.5 Å². The predicted octanol–water partition coefficient (Wildman–Crippen LogP) is 3.47. The fourth-order valence-electron chi connectivity index (χ4n) is 3.34. The van der Waals surface area contributed by atoms with Crippen molar-refractivity contribution in [3.05, 3.63) is 58.1 Å². The molecule has 0 radical (unpaired) electrons. The number of benzene rings is 2. The highest BCUT2D eigenvalue weighted by Crippen LogP contribution is 2.35. The first kappa shape index (κ1) is 18.8. The van der Waals surface area contributed by atoms with Crippen molar-refractivity contribution in [2.24, 2.45) is 0 Å². The van der Waals surface area contributed by atoms with E-state index in [9.17, 15) is 14.7 Å². The fourth-order valence-corrected chi connectivity index (χ4v) is 3.34. The van der Waals surface area contributed by atoms with E-state index in [-0.39, 0.29) is 23.1 Å². The van der Waals surface area contributed by atoms with Gasteiger partial charge in [-0.2, -0.15) is 0 Å². The molecule has 142 valence electrons. The Hall–Kier alpha value is -3.02. The van der Waals surface area contributed by atoms with E-state index in [1.54, 1.807) is 23.1 Å². The number of rotatable bonds is 4. The van der Waals surface area contributed by atoms with Gasteiger partial charge in [0.05, 0.1) is 25.3 Å². The molecule has 1 aliphatic heterocycles. The lowest BCUT2D eigenvalue weighted by atomic mass is 9.98. The molecule has 0 saturated carbocycles. The number of methoxy groups -OCH3 is 2. The highest BCUT2D eigenvalue weighted by molar-refractivity contribution is 5.98. The summed E-state index contributed by atoms with van der Waals surface area (Å²) in [5.74, 6) is -0.0609. The topological polar surface area (TPSA) is 76.1 Å². The predicted molar refractivity (Wildman–Crippen MR) is 100 cm³/mol. The maximum Gasteiger partial charge on any atom is 0.337 e. The monoisotopic (exact) mass is 369 g/mol. The van der Waals surface area contributed by atoms with Gasteiger partial charge < -0.3 is 19.5 Å². The molecular weight excluding hydrogens is 346 g/mol. The molecule has 0 bridgehead atoms. The molecule has 1 heterocycles. The number of carbonyl (C=O) groups is 2. The number of phenols is 1. The Morgan fingerprint density at radius 1 is 1.07 bits per heavy atom. The zero-order valence-electron chi connectivity index (χ0n) is 15.9. The summed E-state index contributed by atoms with van der Waals surface area (Å²) in [7, 11) is 2.88. The molecule has 6 nitrogen and oxygen atoms in total. The van der Waals surface area contributed by atoms with Crippen molar-refractivity contribution in [1.29, 1.82) is 0 Å². The number of hydrogen-bond donors (Lipinski definition) is 1. The SMILES string of the molecule is COC(=O)c1ccc2c(c1)CN(C(=O)c1cc(C(C)C)c(OC)cc1O)C2. The third-order valence-electron chi connectivity index (χ3n) is 4.84. The van der Waals surface area contributed by atoms with Gasteiger partial charge in [-0.05, 0) is 40.8 Å². The molecule has 27 heavy (non-hydrogen) atoms.